The number of rotatable bonds is 3. The molecule has 106 valence electrons. The van der Waals surface area contributed by atoms with E-state index in [2.05, 4.69) is 40.3 Å². The Morgan fingerprint density at radius 3 is 3.05 bits per heavy atom. The molecule has 1 heterocycles. The molecular formula is C16H17BrClNS. The highest BCUT2D eigenvalue weighted by atomic mass is 79.9. The third-order valence-electron chi connectivity index (χ3n) is 3.88. The second-order valence-corrected chi connectivity index (χ2v) is 8.27. The first-order valence-electron chi connectivity index (χ1n) is 6.93. The molecule has 0 aliphatic heterocycles. The Kier molecular flexibility index (Phi) is 4.51. The van der Waals surface area contributed by atoms with Crippen molar-refractivity contribution in [2.75, 3.05) is 0 Å². The minimum atomic E-state index is 0.309. The molecule has 2 aromatic rings. The highest BCUT2D eigenvalue weighted by molar-refractivity contribution is 9.11. The van der Waals surface area contributed by atoms with E-state index in [4.69, 9.17) is 11.6 Å². The van der Waals surface area contributed by atoms with Gasteiger partial charge in [-0.3, -0.25) is 0 Å². The van der Waals surface area contributed by atoms with Gasteiger partial charge in [0, 0.05) is 22.0 Å². The van der Waals surface area contributed by atoms with Gasteiger partial charge in [-0.05, 0) is 71.4 Å². The summed E-state index contributed by atoms with van der Waals surface area (Å²) in [5, 5.41) is 4.56. The third kappa shape index (κ3) is 3.11. The van der Waals surface area contributed by atoms with Gasteiger partial charge in [0.2, 0.25) is 0 Å². The number of hydrogen-bond acceptors (Lipinski definition) is 2. The van der Waals surface area contributed by atoms with Crippen LogP contribution in [0.25, 0.3) is 0 Å². The lowest BCUT2D eigenvalue weighted by Crippen LogP contribution is -2.27. The van der Waals surface area contributed by atoms with Gasteiger partial charge in [0.1, 0.15) is 0 Å². The molecule has 1 unspecified atom stereocenters. The molecule has 2 atom stereocenters. The fourth-order valence-corrected chi connectivity index (χ4v) is 4.89. The van der Waals surface area contributed by atoms with Crippen molar-refractivity contribution in [2.45, 2.75) is 38.3 Å². The first kappa shape index (κ1) is 14.6. The Bertz CT molecular complexity index is 610. The van der Waals surface area contributed by atoms with Crippen molar-refractivity contribution in [3.63, 3.8) is 0 Å². The summed E-state index contributed by atoms with van der Waals surface area (Å²) in [7, 11) is 0. The van der Waals surface area contributed by atoms with Crippen LogP contribution in [0.15, 0.2) is 34.1 Å². The second kappa shape index (κ2) is 6.18. The Balaban J connectivity index is 1.78. The lowest BCUT2D eigenvalue weighted by atomic mass is 9.93. The van der Waals surface area contributed by atoms with Crippen LogP contribution in [0.1, 0.15) is 47.9 Å². The Hall–Kier alpha value is -0.350. The van der Waals surface area contributed by atoms with Gasteiger partial charge in [-0.2, -0.15) is 0 Å². The van der Waals surface area contributed by atoms with Crippen molar-refractivity contribution in [3.05, 3.63) is 55.1 Å². The van der Waals surface area contributed by atoms with Crippen molar-refractivity contribution >= 4 is 38.9 Å². The van der Waals surface area contributed by atoms with Gasteiger partial charge in [-0.15, -0.1) is 11.3 Å². The average Bonchev–Trinajstić information content (AvgIpc) is 2.80. The second-order valence-electron chi connectivity index (χ2n) is 5.32. The van der Waals surface area contributed by atoms with Gasteiger partial charge in [-0.25, -0.2) is 0 Å². The highest BCUT2D eigenvalue weighted by Crippen LogP contribution is 2.39. The van der Waals surface area contributed by atoms with Crippen LogP contribution in [0.4, 0.5) is 0 Å². The maximum atomic E-state index is 6.08. The summed E-state index contributed by atoms with van der Waals surface area (Å²) in [6.45, 7) is 2.21. The minimum Gasteiger partial charge on any atom is -0.303 e. The number of hydrogen-bond donors (Lipinski definition) is 1. The summed E-state index contributed by atoms with van der Waals surface area (Å²) in [5.41, 5.74) is 2.72. The monoisotopic (exact) mass is 369 g/mol. The van der Waals surface area contributed by atoms with Gasteiger partial charge in [0.25, 0.3) is 0 Å². The Morgan fingerprint density at radius 2 is 2.25 bits per heavy atom. The van der Waals surface area contributed by atoms with E-state index >= 15 is 0 Å². The average molecular weight is 371 g/mol. The van der Waals surface area contributed by atoms with Gasteiger partial charge in [0.15, 0.2) is 0 Å². The molecule has 1 aromatic heterocycles. The number of fused-ring (bicyclic) bond motifs is 1. The van der Waals surface area contributed by atoms with Crippen LogP contribution in [0, 0.1) is 0 Å². The van der Waals surface area contributed by atoms with Gasteiger partial charge in [0.05, 0.1) is 3.79 Å². The molecular weight excluding hydrogens is 354 g/mol. The molecule has 1 aliphatic carbocycles. The van der Waals surface area contributed by atoms with E-state index in [1.807, 2.05) is 29.5 Å². The molecule has 3 rings (SSSR count). The smallest absolute Gasteiger partial charge is 0.0704 e. The summed E-state index contributed by atoms with van der Waals surface area (Å²) >= 11 is 11.6. The van der Waals surface area contributed by atoms with Crippen molar-refractivity contribution in [1.82, 2.24) is 5.32 Å². The molecule has 1 N–H and O–H groups in total. The number of halogens is 2. The van der Waals surface area contributed by atoms with E-state index in [-0.39, 0.29) is 0 Å². The molecule has 0 radical (unpaired) electrons. The lowest BCUT2D eigenvalue weighted by molar-refractivity contribution is 0.418. The van der Waals surface area contributed by atoms with Crippen molar-refractivity contribution < 1.29 is 0 Å². The summed E-state index contributed by atoms with van der Waals surface area (Å²) in [5.74, 6) is 0. The number of thiophene rings is 1. The number of nitrogens with one attached hydrogen (secondary N) is 1. The van der Waals surface area contributed by atoms with E-state index in [1.165, 1.54) is 39.1 Å². The van der Waals surface area contributed by atoms with Gasteiger partial charge < -0.3 is 5.32 Å². The molecule has 1 nitrogen and oxygen atoms in total. The van der Waals surface area contributed by atoms with Crippen LogP contribution < -0.4 is 5.32 Å². The van der Waals surface area contributed by atoms with E-state index in [0.717, 1.165) is 5.02 Å². The summed E-state index contributed by atoms with van der Waals surface area (Å²) in [6.07, 6.45) is 3.69. The standard InChI is InChI=1S/C16H17BrClNS/c1-10(11-4-2-5-12(18)8-11)19-14-6-3-7-15-13(14)9-16(17)20-15/h2,4-5,8-10,14,19H,3,6-7H2,1H3/t10-,14?/m0/s1. The van der Waals surface area contributed by atoms with Crippen LogP contribution in [0.5, 0.6) is 0 Å². The normalized spacial score (nSPS) is 19.6. The zero-order valence-corrected chi connectivity index (χ0v) is 14.5. The maximum Gasteiger partial charge on any atom is 0.0704 e. The third-order valence-corrected chi connectivity index (χ3v) is 5.83. The van der Waals surface area contributed by atoms with E-state index in [9.17, 15) is 0 Å². The minimum absolute atomic E-state index is 0.309. The molecule has 20 heavy (non-hydrogen) atoms. The molecule has 0 saturated heterocycles. The number of benzene rings is 1. The summed E-state index contributed by atoms with van der Waals surface area (Å²) in [6, 6.07) is 11.2. The van der Waals surface area contributed by atoms with Crippen LogP contribution in [-0.4, -0.2) is 0 Å². The van der Waals surface area contributed by atoms with Crippen LogP contribution >= 0.6 is 38.9 Å². The SMILES string of the molecule is C[C@H](NC1CCCc2sc(Br)cc21)c1cccc(Cl)c1. The largest absolute Gasteiger partial charge is 0.303 e. The van der Waals surface area contributed by atoms with Crippen LogP contribution in [0.3, 0.4) is 0 Å². The van der Waals surface area contributed by atoms with Crippen LogP contribution in [0.2, 0.25) is 5.02 Å². The van der Waals surface area contributed by atoms with E-state index in [0.29, 0.717) is 12.1 Å². The first-order valence-corrected chi connectivity index (χ1v) is 8.92. The number of aryl methyl sites for hydroxylation is 1. The molecule has 0 fully saturated rings. The molecule has 0 saturated carbocycles. The summed E-state index contributed by atoms with van der Waals surface area (Å²) in [4.78, 5) is 1.53. The van der Waals surface area contributed by atoms with Gasteiger partial charge >= 0.3 is 0 Å². The zero-order chi connectivity index (χ0) is 14.1. The Labute approximate surface area is 137 Å². The maximum absolute atomic E-state index is 6.08. The van der Waals surface area contributed by atoms with E-state index < -0.39 is 0 Å². The fraction of sp³-hybridized carbons (Fsp3) is 0.375. The zero-order valence-electron chi connectivity index (χ0n) is 11.3. The van der Waals surface area contributed by atoms with Crippen LogP contribution in [-0.2, 0) is 6.42 Å². The first-order chi connectivity index (χ1) is 9.63. The predicted octanol–water partition coefficient (Wildman–Crippen LogP) is 5.89. The van der Waals surface area contributed by atoms with Crippen molar-refractivity contribution in [2.24, 2.45) is 0 Å². The predicted molar refractivity (Wildman–Crippen MR) is 90.7 cm³/mol. The summed E-state index contributed by atoms with van der Waals surface area (Å²) < 4.78 is 1.24. The molecule has 1 aliphatic rings. The topological polar surface area (TPSA) is 12.0 Å². The molecule has 0 spiro atoms. The van der Waals surface area contributed by atoms with Crippen molar-refractivity contribution in [3.8, 4) is 0 Å². The fourth-order valence-electron chi connectivity index (χ4n) is 2.87. The molecule has 4 heteroatoms. The lowest BCUT2D eigenvalue weighted by Gasteiger charge is -2.27. The highest BCUT2D eigenvalue weighted by Gasteiger charge is 2.24. The Morgan fingerprint density at radius 1 is 1.40 bits per heavy atom. The van der Waals surface area contributed by atoms with E-state index in [1.54, 1.807) is 0 Å². The molecule has 1 aromatic carbocycles. The quantitative estimate of drug-likeness (QED) is 0.710. The molecule has 0 amide bonds. The van der Waals surface area contributed by atoms with Gasteiger partial charge in [-0.1, -0.05) is 23.7 Å². The molecule has 0 bridgehead atoms. The van der Waals surface area contributed by atoms with Crippen molar-refractivity contribution in [1.29, 1.82) is 0 Å².